The zero-order chi connectivity index (χ0) is 23.0. The minimum absolute atomic E-state index is 0.171. The van der Waals surface area contributed by atoms with Crippen LogP contribution in [-0.4, -0.2) is 52.8 Å². The summed E-state index contributed by atoms with van der Waals surface area (Å²) >= 11 is 0. The van der Waals surface area contributed by atoms with E-state index in [1.165, 1.54) is 11.1 Å². The van der Waals surface area contributed by atoms with E-state index in [1.807, 2.05) is 32.1 Å². The molecule has 0 bridgehead atoms. The highest BCUT2D eigenvalue weighted by atomic mass is 16.6. The number of amides is 1. The van der Waals surface area contributed by atoms with Gasteiger partial charge in [0, 0.05) is 44.7 Å². The van der Waals surface area contributed by atoms with Crippen molar-refractivity contribution >= 4 is 6.09 Å². The summed E-state index contributed by atoms with van der Waals surface area (Å²) in [6.07, 6.45) is 4.88. The third-order valence-corrected chi connectivity index (χ3v) is 7.34. The molecule has 6 heteroatoms. The summed E-state index contributed by atoms with van der Waals surface area (Å²) in [6, 6.07) is 14.3. The molecule has 1 spiro atoms. The maximum atomic E-state index is 12.5. The van der Waals surface area contributed by atoms with Crippen molar-refractivity contribution in [2.75, 3.05) is 19.6 Å². The smallest absolute Gasteiger partial charge is 0.410 e. The molecule has 2 aromatic rings. The SMILES string of the molecule is CCN(CC)C(=O)O[C@H]1C=C[C@@]23CCN(Cc4ccccc4)Cc4ccc(O)c(c42)O[C@H]3C1. The first-order chi connectivity index (χ1) is 16.0. The Morgan fingerprint density at radius 2 is 2.00 bits per heavy atom. The molecule has 2 aliphatic heterocycles. The average molecular weight is 449 g/mol. The summed E-state index contributed by atoms with van der Waals surface area (Å²) < 4.78 is 12.2. The second kappa shape index (κ2) is 8.75. The Morgan fingerprint density at radius 3 is 2.76 bits per heavy atom. The van der Waals surface area contributed by atoms with Crippen LogP contribution in [0.15, 0.2) is 54.6 Å². The molecule has 1 N–H and O–H groups in total. The number of phenolic OH excluding ortho intramolecular Hbond substituents is 1. The number of nitrogens with zero attached hydrogens (tertiary/aromatic N) is 2. The molecule has 33 heavy (non-hydrogen) atoms. The molecule has 1 aliphatic carbocycles. The Morgan fingerprint density at radius 1 is 1.21 bits per heavy atom. The molecule has 174 valence electrons. The number of hydrogen-bond donors (Lipinski definition) is 1. The molecule has 3 atom stereocenters. The molecular weight excluding hydrogens is 416 g/mol. The topological polar surface area (TPSA) is 62.2 Å². The average Bonchev–Trinajstić information content (AvgIpc) is 3.08. The minimum atomic E-state index is -0.336. The Bertz CT molecular complexity index is 1050. The predicted molar refractivity (Wildman–Crippen MR) is 126 cm³/mol. The van der Waals surface area contributed by atoms with E-state index in [9.17, 15) is 9.90 Å². The summed E-state index contributed by atoms with van der Waals surface area (Å²) in [4.78, 5) is 16.7. The highest BCUT2D eigenvalue weighted by Gasteiger charge is 2.53. The van der Waals surface area contributed by atoms with Crippen LogP contribution in [0.4, 0.5) is 4.79 Å². The van der Waals surface area contributed by atoms with Gasteiger partial charge < -0.3 is 19.5 Å². The minimum Gasteiger partial charge on any atom is -0.504 e. The molecule has 0 saturated heterocycles. The number of carbonyl (C=O) groups excluding carboxylic acids is 1. The maximum Gasteiger partial charge on any atom is 0.410 e. The van der Waals surface area contributed by atoms with Gasteiger partial charge in [0.25, 0.3) is 0 Å². The first-order valence-corrected chi connectivity index (χ1v) is 12.0. The van der Waals surface area contributed by atoms with Crippen LogP contribution < -0.4 is 4.74 Å². The van der Waals surface area contributed by atoms with Gasteiger partial charge in [0.05, 0.1) is 5.41 Å². The maximum absolute atomic E-state index is 12.5. The van der Waals surface area contributed by atoms with Crippen molar-refractivity contribution in [3.8, 4) is 11.5 Å². The molecule has 0 saturated carbocycles. The van der Waals surface area contributed by atoms with Gasteiger partial charge >= 0.3 is 6.09 Å². The summed E-state index contributed by atoms with van der Waals surface area (Å²) in [6.45, 7) is 7.74. The van der Waals surface area contributed by atoms with Crippen molar-refractivity contribution in [2.24, 2.45) is 0 Å². The van der Waals surface area contributed by atoms with E-state index in [0.29, 0.717) is 25.3 Å². The first kappa shape index (κ1) is 21.8. The standard InChI is InChI=1S/C27H32N2O4/c1-3-29(4-2)26(31)32-21-12-13-27-14-15-28(17-19-8-6-5-7-9-19)18-20-10-11-22(30)25(24(20)27)33-23(27)16-21/h5-13,21,23,30H,3-4,14-18H2,1-2H3/t21-,23-,27-/m0/s1. The quantitative estimate of drug-likeness (QED) is 0.677. The second-order valence-corrected chi connectivity index (χ2v) is 9.23. The van der Waals surface area contributed by atoms with Crippen LogP contribution in [0, 0.1) is 0 Å². The number of carbonyl (C=O) groups is 1. The van der Waals surface area contributed by atoms with Crippen molar-refractivity contribution in [2.45, 2.75) is 57.4 Å². The summed E-state index contributed by atoms with van der Waals surface area (Å²) in [5, 5.41) is 10.6. The van der Waals surface area contributed by atoms with E-state index in [4.69, 9.17) is 9.47 Å². The highest BCUT2D eigenvalue weighted by molar-refractivity contribution is 5.68. The Balaban J connectivity index is 1.43. The molecule has 0 unspecified atom stereocenters. The first-order valence-electron chi connectivity index (χ1n) is 12.0. The number of ether oxygens (including phenoxy) is 2. The van der Waals surface area contributed by atoms with Crippen LogP contribution in [0.25, 0.3) is 0 Å². The van der Waals surface area contributed by atoms with Crippen molar-refractivity contribution in [1.29, 1.82) is 0 Å². The lowest BCUT2D eigenvalue weighted by molar-refractivity contribution is 0.0425. The lowest BCUT2D eigenvalue weighted by Gasteiger charge is -2.37. The van der Waals surface area contributed by atoms with Crippen LogP contribution in [-0.2, 0) is 23.2 Å². The third kappa shape index (κ3) is 3.86. The summed E-state index contributed by atoms with van der Waals surface area (Å²) in [5.41, 5.74) is 3.28. The van der Waals surface area contributed by atoms with Crippen LogP contribution in [0.2, 0.25) is 0 Å². The van der Waals surface area contributed by atoms with E-state index in [1.54, 1.807) is 11.0 Å². The monoisotopic (exact) mass is 448 g/mol. The van der Waals surface area contributed by atoms with E-state index < -0.39 is 0 Å². The number of hydrogen-bond acceptors (Lipinski definition) is 5. The molecule has 0 fully saturated rings. The Labute approximate surface area is 195 Å². The van der Waals surface area contributed by atoms with Crippen LogP contribution in [0.3, 0.4) is 0 Å². The van der Waals surface area contributed by atoms with Crippen molar-refractivity contribution in [3.05, 3.63) is 71.3 Å². The third-order valence-electron chi connectivity index (χ3n) is 7.34. The highest BCUT2D eigenvalue weighted by Crippen LogP contribution is 2.55. The fourth-order valence-electron chi connectivity index (χ4n) is 5.58. The number of benzene rings is 2. The summed E-state index contributed by atoms with van der Waals surface area (Å²) in [5.74, 6) is 0.781. The molecule has 0 radical (unpaired) electrons. The van der Waals surface area contributed by atoms with Gasteiger partial charge in [-0.2, -0.15) is 0 Å². The van der Waals surface area contributed by atoms with Crippen molar-refractivity contribution < 1.29 is 19.4 Å². The van der Waals surface area contributed by atoms with E-state index >= 15 is 0 Å². The van der Waals surface area contributed by atoms with E-state index in [-0.39, 0.29) is 29.5 Å². The Hall–Kier alpha value is -2.99. The summed E-state index contributed by atoms with van der Waals surface area (Å²) in [7, 11) is 0. The van der Waals surface area contributed by atoms with Gasteiger partial charge in [-0.3, -0.25) is 4.90 Å². The van der Waals surface area contributed by atoms with E-state index in [0.717, 1.165) is 31.6 Å². The fourth-order valence-corrected chi connectivity index (χ4v) is 5.58. The van der Waals surface area contributed by atoms with Gasteiger partial charge in [-0.1, -0.05) is 42.5 Å². The molecule has 6 nitrogen and oxygen atoms in total. The van der Waals surface area contributed by atoms with Gasteiger partial charge in [-0.05, 0) is 43.5 Å². The Kier molecular flexibility index (Phi) is 5.79. The molecular formula is C27H32N2O4. The molecule has 0 aromatic heterocycles. The van der Waals surface area contributed by atoms with Gasteiger partial charge in [-0.15, -0.1) is 0 Å². The zero-order valence-electron chi connectivity index (χ0n) is 19.4. The second-order valence-electron chi connectivity index (χ2n) is 9.23. The lowest BCUT2D eigenvalue weighted by Crippen LogP contribution is -2.45. The predicted octanol–water partition coefficient (Wildman–Crippen LogP) is 4.60. The number of aromatic hydroxyl groups is 1. The largest absolute Gasteiger partial charge is 0.504 e. The van der Waals surface area contributed by atoms with Crippen molar-refractivity contribution in [1.82, 2.24) is 9.80 Å². The van der Waals surface area contributed by atoms with Gasteiger partial charge in [0.2, 0.25) is 0 Å². The lowest BCUT2D eigenvalue weighted by atomic mass is 9.69. The number of rotatable bonds is 5. The van der Waals surface area contributed by atoms with Crippen LogP contribution >= 0.6 is 0 Å². The molecule has 2 aromatic carbocycles. The van der Waals surface area contributed by atoms with Gasteiger partial charge in [0.1, 0.15) is 12.2 Å². The van der Waals surface area contributed by atoms with Gasteiger partial charge in [-0.25, -0.2) is 4.79 Å². The molecule has 3 aliphatic rings. The van der Waals surface area contributed by atoms with Gasteiger partial charge in [0.15, 0.2) is 11.5 Å². The molecule has 2 heterocycles. The van der Waals surface area contributed by atoms with Crippen molar-refractivity contribution in [3.63, 3.8) is 0 Å². The normalized spacial score (nSPS) is 25.5. The number of phenols is 1. The van der Waals surface area contributed by atoms with Crippen LogP contribution in [0.5, 0.6) is 11.5 Å². The molecule has 5 rings (SSSR count). The van der Waals surface area contributed by atoms with E-state index in [2.05, 4.69) is 35.2 Å². The fraction of sp³-hybridized carbons (Fsp3) is 0.444. The molecule has 1 amide bonds. The van der Waals surface area contributed by atoms with Crippen LogP contribution in [0.1, 0.15) is 43.4 Å². The zero-order valence-corrected chi connectivity index (χ0v) is 19.4.